The molecule has 2 rings (SSSR count). The van der Waals surface area contributed by atoms with Crippen molar-refractivity contribution in [2.24, 2.45) is 5.41 Å². The normalized spacial score (nSPS) is 11.8. The Bertz CT molecular complexity index is 542. The zero-order valence-electron chi connectivity index (χ0n) is 12.0. The Hall–Kier alpha value is -1.02. The number of benzene rings is 2. The van der Waals surface area contributed by atoms with Crippen LogP contribution >= 0.6 is 15.9 Å². The molecule has 1 nitrogen and oxygen atoms in total. The average molecular weight is 320 g/mol. The molecule has 0 saturated carbocycles. The van der Waals surface area contributed by atoms with Gasteiger partial charge in [-0.2, -0.15) is 0 Å². The maximum absolute atomic E-state index is 3.62. The van der Waals surface area contributed by atoms with Gasteiger partial charge in [0.25, 0.3) is 0 Å². The lowest BCUT2D eigenvalue weighted by Crippen LogP contribution is -2.35. The summed E-state index contributed by atoms with van der Waals surface area (Å²) in [4.78, 5) is 2.48. The van der Waals surface area contributed by atoms with Gasteiger partial charge in [-0.15, -0.1) is 0 Å². The topological polar surface area (TPSA) is 3.24 Å². The number of rotatable bonds is 5. The van der Waals surface area contributed by atoms with Crippen molar-refractivity contribution < 1.29 is 0 Å². The van der Waals surface area contributed by atoms with Crippen molar-refractivity contribution >= 4 is 32.4 Å². The number of alkyl halides is 1. The summed E-state index contributed by atoms with van der Waals surface area (Å²) in [6.07, 6.45) is 0. The lowest BCUT2D eigenvalue weighted by Gasteiger charge is -2.33. The summed E-state index contributed by atoms with van der Waals surface area (Å²) in [6, 6.07) is 15.2. The van der Waals surface area contributed by atoms with Crippen LogP contribution in [0.15, 0.2) is 42.5 Å². The zero-order valence-corrected chi connectivity index (χ0v) is 13.6. The van der Waals surface area contributed by atoms with Gasteiger partial charge in [-0.1, -0.05) is 66.2 Å². The zero-order chi connectivity index (χ0) is 13.9. The molecule has 0 bridgehead atoms. The van der Waals surface area contributed by atoms with Gasteiger partial charge in [0.2, 0.25) is 0 Å². The smallest absolute Gasteiger partial charge is 0.0445 e. The third kappa shape index (κ3) is 3.30. The molecule has 0 fully saturated rings. The van der Waals surface area contributed by atoms with Gasteiger partial charge < -0.3 is 4.90 Å². The summed E-state index contributed by atoms with van der Waals surface area (Å²) in [5.74, 6) is 0. The molecule has 0 aliphatic rings. The fourth-order valence-corrected chi connectivity index (χ4v) is 2.59. The molecule has 0 amide bonds. The molecule has 0 heterocycles. The van der Waals surface area contributed by atoms with Gasteiger partial charge >= 0.3 is 0 Å². The largest absolute Gasteiger partial charge is 0.371 e. The van der Waals surface area contributed by atoms with E-state index in [-0.39, 0.29) is 5.41 Å². The first-order valence-corrected chi connectivity index (χ1v) is 7.98. The Labute approximate surface area is 124 Å². The van der Waals surface area contributed by atoms with Gasteiger partial charge in [-0.3, -0.25) is 0 Å². The fraction of sp³-hybridized carbons (Fsp3) is 0.412. The van der Waals surface area contributed by atoms with E-state index < -0.39 is 0 Å². The van der Waals surface area contributed by atoms with E-state index in [0.717, 1.165) is 18.4 Å². The molecule has 2 heteroatoms. The minimum Gasteiger partial charge on any atom is -0.371 e. The van der Waals surface area contributed by atoms with Gasteiger partial charge in [0.15, 0.2) is 0 Å². The first kappa shape index (κ1) is 14.4. The van der Waals surface area contributed by atoms with Crippen molar-refractivity contribution in [3.8, 4) is 0 Å². The minimum atomic E-state index is 0.271. The van der Waals surface area contributed by atoms with Crippen molar-refractivity contribution in [2.45, 2.75) is 20.8 Å². The number of fused-ring (bicyclic) bond motifs is 1. The van der Waals surface area contributed by atoms with E-state index in [4.69, 9.17) is 0 Å². The third-order valence-electron chi connectivity index (χ3n) is 3.47. The molecule has 0 atom stereocenters. The van der Waals surface area contributed by atoms with E-state index in [2.05, 4.69) is 84.1 Å². The third-order valence-corrected chi connectivity index (χ3v) is 4.99. The quantitative estimate of drug-likeness (QED) is 0.694. The van der Waals surface area contributed by atoms with E-state index in [1.165, 1.54) is 16.5 Å². The first-order chi connectivity index (χ1) is 9.07. The van der Waals surface area contributed by atoms with Crippen LogP contribution in [0.3, 0.4) is 0 Å². The summed E-state index contributed by atoms with van der Waals surface area (Å²) in [7, 11) is 0. The van der Waals surface area contributed by atoms with Gasteiger partial charge in [0.05, 0.1) is 0 Å². The standard InChI is InChI=1S/C17H22BrN/c1-4-19(13-17(2,3)12-18)16-11-7-9-14-8-5-6-10-15(14)16/h5-11H,4,12-13H2,1-3H3. The van der Waals surface area contributed by atoms with Crippen LogP contribution in [0, 0.1) is 5.41 Å². The van der Waals surface area contributed by atoms with Crippen LogP contribution in [-0.4, -0.2) is 18.4 Å². The van der Waals surface area contributed by atoms with Crippen molar-refractivity contribution in [3.05, 3.63) is 42.5 Å². The van der Waals surface area contributed by atoms with E-state index >= 15 is 0 Å². The Balaban J connectivity index is 2.41. The number of halogens is 1. The molecule has 0 aromatic heterocycles. The molecule has 0 aliphatic carbocycles. The van der Waals surface area contributed by atoms with Crippen molar-refractivity contribution in [3.63, 3.8) is 0 Å². The van der Waals surface area contributed by atoms with Crippen LogP contribution in [0.4, 0.5) is 5.69 Å². The van der Waals surface area contributed by atoms with Crippen LogP contribution < -0.4 is 4.90 Å². The highest BCUT2D eigenvalue weighted by Crippen LogP contribution is 2.29. The molecule has 0 saturated heterocycles. The molecule has 0 N–H and O–H groups in total. The van der Waals surface area contributed by atoms with Gasteiger partial charge in [-0.25, -0.2) is 0 Å². The molecular weight excluding hydrogens is 298 g/mol. The lowest BCUT2D eigenvalue weighted by molar-refractivity contribution is 0.425. The lowest BCUT2D eigenvalue weighted by atomic mass is 9.95. The van der Waals surface area contributed by atoms with E-state index in [1.54, 1.807) is 0 Å². The first-order valence-electron chi connectivity index (χ1n) is 6.86. The maximum Gasteiger partial charge on any atom is 0.0445 e. The molecule has 0 unspecified atom stereocenters. The van der Waals surface area contributed by atoms with E-state index in [9.17, 15) is 0 Å². The van der Waals surface area contributed by atoms with Crippen LogP contribution in [-0.2, 0) is 0 Å². The van der Waals surface area contributed by atoms with Crippen molar-refractivity contribution in [1.82, 2.24) is 0 Å². The van der Waals surface area contributed by atoms with Crippen LogP contribution in [0.25, 0.3) is 10.8 Å². The molecular formula is C17H22BrN. The summed E-state index contributed by atoms with van der Waals surface area (Å²) in [6.45, 7) is 8.92. The summed E-state index contributed by atoms with van der Waals surface area (Å²) in [5, 5.41) is 3.67. The average Bonchev–Trinajstić information content (AvgIpc) is 2.44. The molecule has 0 radical (unpaired) electrons. The Kier molecular flexibility index (Phi) is 4.51. The summed E-state index contributed by atoms with van der Waals surface area (Å²) in [5.41, 5.74) is 1.61. The highest BCUT2D eigenvalue weighted by atomic mass is 79.9. The molecule has 102 valence electrons. The SMILES string of the molecule is CCN(CC(C)(C)CBr)c1cccc2ccccc12. The monoisotopic (exact) mass is 319 g/mol. The van der Waals surface area contributed by atoms with Crippen LogP contribution in [0.2, 0.25) is 0 Å². The fourth-order valence-electron chi connectivity index (χ4n) is 2.41. The number of nitrogens with zero attached hydrogens (tertiary/aromatic N) is 1. The van der Waals surface area contributed by atoms with Crippen LogP contribution in [0.5, 0.6) is 0 Å². The minimum absolute atomic E-state index is 0.271. The Morgan fingerprint density at radius 3 is 2.42 bits per heavy atom. The predicted molar refractivity (Wildman–Crippen MR) is 89.4 cm³/mol. The molecule has 2 aromatic rings. The van der Waals surface area contributed by atoms with E-state index in [1.807, 2.05) is 0 Å². The molecule has 19 heavy (non-hydrogen) atoms. The van der Waals surface area contributed by atoms with Crippen LogP contribution in [0.1, 0.15) is 20.8 Å². The predicted octanol–water partition coefficient (Wildman–Crippen LogP) is 5.09. The molecule has 2 aromatic carbocycles. The van der Waals surface area contributed by atoms with Gasteiger partial charge in [-0.05, 0) is 23.8 Å². The second kappa shape index (κ2) is 5.96. The number of anilines is 1. The van der Waals surface area contributed by atoms with E-state index in [0.29, 0.717) is 0 Å². The Morgan fingerprint density at radius 1 is 1.05 bits per heavy atom. The van der Waals surface area contributed by atoms with Crippen molar-refractivity contribution in [2.75, 3.05) is 23.3 Å². The van der Waals surface area contributed by atoms with Gasteiger partial charge in [0, 0.05) is 29.5 Å². The number of hydrogen-bond acceptors (Lipinski definition) is 1. The summed E-state index contributed by atoms with van der Waals surface area (Å²) >= 11 is 3.62. The molecule has 0 aliphatic heterocycles. The summed E-state index contributed by atoms with van der Waals surface area (Å²) < 4.78 is 0. The van der Waals surface area contributed by atoms with Gasteiger partial charge in [0.1, 0.15) is 0 Å². The van der Waals surface area contributed by atoms with Crippen molar-refractivity contribution in [1.29, 1.82) is 0 Å². The second-order valence-electron chi connectivity index (χ2n) is 5.81. The Morgan fingerprint density at radius 2 is 1.74 bits per heavy atom. The molecule has 0 spiro atoms. The number of hydrogen-bond donors (Lipinski definition) is 0. The maximum atomic E-state index is 3.62. The highest BCUT2D eigenvalue weighted by molar-refractivity contribution is 9.09. The highest BCUT2D eigenvalue weighted by Gasteiger charge is 2.20. The second-order valence-corrected chi connectivity index (χ2v) is 6.37.